The molecule has 10 heteroatoms. The van der Waals surface area contributed by atoms with Gasteiger partial charge >= 0.3 is 0 Å². The van der Waals surface area contributed by atoms with Crippen LogP contribution in [0.15, 0.2) is 42.5 Å². The molecule has 0 bridgehead atoms. The Labute approximate surface area is 165 Å². The van der Waals surface area contributed by atoms with E-state index in [-0.39, 0.29) is 24.1 Å². The Morgan fingerprint density at radius 2 is 1.68 bits per heavy atom. The number of benzene rings is 2. The first-order valence-corrected chi connectivity index (χ1v) is 8.55. The molecule has 0 aliphatic heterocycles. The van der Waals surface area contributed by atoms with Gasteiger partial charge in [-0.2, -0.15) is 0 Å². The molecule has 0 unspecified atom stereocenters. The summed E-state index contributed by atoms with van der Waals surface area (Å²) in [7, 11) is 0. The van der Waals surface area contributed by atoms with E-state index >= 15 is 0 Å². The number of carbonyl (C=O) groups excluding carboxylic acids is 3. The zero-order valence-electron chi connectivity index (χ0n) is 14.8. The third-order valence-corrected chi connectivity index (χ3v) is 4.19. The van der Waals surface area contributed by atoms with E-state index < -0.39 is 22.6 Å². The SMILES string of the molecule is Cc1c(Cl)cccc1NC(=O)CCC(=O)NNC(=O)c1ccccc1[N+](=O)[O-]. The van der Waals surface area contributed by atoms with Crippen LogP contribution in [0, 0.1) is 17.0 Å². The van der Waals surface area contributed by atoms with Crippen molar-refractivity contribution >= 4 is 40.7 Å². The molecule has 0 aromatic heterocycles. The molecule has 2 rings (SSSR count). The van der Waals surface area contributed by atoms with Crippen molar-refractivity contribution in [3.05, 3.63) is 68.7 Å². The Bertz CT molecular complexity index is 932. The van der Waals surface area contributed by atoms with Crippen molar-refractivity contribution in [2.75, 3.05) is 5.32 Å². The molecule has 0 aliphatic carbocycles. The van der Waals surface area contributed by atoms with Gasteiger partial charge in [-0.3, -0.25) is 35.3 Å². The smallest absolute Gasteiger partial charge is 0.282 e. The summed E-state index contributed by atoms with van der Waals surface area (Å²) in [5, 5.41) is 14.1. The van der Waals surface area contributed by atoms with Gasteiger partial charge in [-0.1, -0.05) is 29.8 Å². The highest BCUT2D eigenvalue weighted by atomic mass is 35.5. The lowest BCUT2D eigenvalue weighted by atomic mass is 10.2. The van der Waals surface area contributed by atoms with E-state index in [1.807, 2.05) is 0 Å². The highest BCUT2D eigenvalue weighted by Crippen LogP contribution is 2.23. The first-order valence-electron chi connectivity index (χ1n) is 8.17. The predicted octanol–water partition coefficient (Wildman–Crippen LogP) is 2.74. The summed E-state index contributed by atoms with van der Waals surface area (Å²) in [6.07, 6.45) is -0.318. The van der Waals surface area contributed by atoms with Crippen molar-refractivity contribution in [3.8, 4) is 0 Å². The van der Waals surface area contributed by atoms with Gasteiger partial charge in [0.2, 0.25) is 11.8 Å². The van der Waals surface area contributed by atoms with Crippen LogP contribution in [0.2, 0.25) is 5.02 Å². The fourth-order valence-corrected chi connectivity index (χ4v) is 2.44. The molecule has 2 aromatic carbocycles. The Kier molecular flexibility index (Phi) is 7.05. The molecule has 146 valence electrons. The van der Waals surface area contributed by atoms with E-state index in [1.165, 1.54) is 24.3 Å². The van der Waals surface area contributed by atoms with E-state index in [0.717, 1.165) is 0 Å². The van der Waals surface area contributed by atoms with Crippen molar-refractivity contribution in [1.82, 2.24) is 10.9 Å². The van der Waals surface area contributed by atoms with Crippen molar-refractivity contribution in [2.45, 2.75) is 19.8 Å². The predicted molar refractivity (Wildman–Crippen MR) is 103 cm³/mol. The van der Waals surface area contributed by atoms with Crippen LogP contribution < -0.4 is 16.2 Å². The Hall–Kier alpha value is -3.46. The molecule has 0 saturated carbocycles. The third kappa shape index (κ3) is 5.52. The Morgan fingerprint density at radius 3 is 2.39 bits per heavy atom. The van der Waals surface area contributed by atoms with Gasteiger partial charge in [0.1, 0.15) is 5.56 Å². The van der Waals surface area contributed by atoms with Gasteiger partial charge in [0.25, 0.3) is 11.6 Å². The van der Waals surface area contributed by atoms with Gasteiger partial charge in [-0.05, 0) is 30.7 Å². The quantitative estimate of drug-likeness (QED) is 0.503. The monoisotopic (exact) mass is 404 g/mol. The number of amides is 3. The van der Waals surface area contributed by atoms with Gasteiger partial charge in [-0.15, -0.1) is 0 Å². The summed E-state index contributed by atoms with van der Waals surface area (Å²) in [5.74, 6) is -1.85. The molecular weight excluding hydrogens is 388 g/mol. The number of nitrogens with one attached hydrogen (secondary N) is 3. The minimum Gasteiger partial charge on any atom is -0.326 e. The minimum absolute atomic E-state index is 0.126. The first kappa shape index (κ1) is 20.8. The maximum atomic E-state index is 12.0. The van der Waals surface area contributed by atoms with Crippen molar-refractivity contribution in [2.24, 2.45) is 0 Å². The van der Waals surface area contributed by atoms with E-state index in [2.05, 4.69) is 16.2 Å². The largest absolute Gasteiger partial charge is 0.326 e. The number of halogens is 1. The molecule has 28 heavy (non-hydrogen) atoms. The van der Waals surface area contributed by atoms with Crippen LogP contribution in [-0.2, 0) is 9.59 Å². The lowest BCUT2D eigenvalue weighted by Gasteiger charge is -2.10. The summed E-state index contributed by atoms with van der Waals surface area (Å²) in [4.78, 5) is 46.0. The number of hydrogen-bond donors (Lipinski definition) is 3. The maximum absolute atomic E-state index is 12.0. The van der Waals surface area contributed by atoms with Crippen molar-refractivity contribution in [1.29, 1.82) is 0 Å². The summed E-state index contributed by atoms with van der Waals surface area (Å²) < 4.78 is 0. The van der Waals surface area contributed by atoms with Crippen LogP contribution in [0.3, 0.4) is 0 Å². The number of nitrogens with zero attached hydrogens (tertiary/aromatic N) is 1. The number of para-hydroxylation sites is 1. The molecule has 0 atom stereocenters. The fourth-order valence-electron chi connectivity index (χ4n) is 2.26. The number of carbonyl (C=O) groups is 3. The van der Waals surface area contributed by atoms with E-state index in [9.17, 15) is 24.5 Å². The van der Waals surface area contributed by atoms with Crippen LogP contribution >= 0.6 is 11.6 Å². The Morgan fingerprint density at radius 1 is 1.00 bits per heavy atom. The maximum Gasteiger partial charge on any atom is 0.282 e. The number of hydrogen-bond acceptors (Lipinski definition) is 5. The first-order chi connectivity index (χ1) is 13.3. The van der Waals surface area contributed by atoms with Crippen molar-refractivity contribution < 1.29 is 19.3 Å². The minimum atomic E-state index is -0.834. The molecule has 0 aliphatic rings. The average Bonchev–Trinajstić information content (AvgIpc) is 2.68. The molecule has 0 radical (unpaired) electrons. The lowest BCUT2D eigenvalue weighted by molar-refractivity contribution is -0.385. The molecule has 3 N–H and O–H groups in total. The van der Waals surface area contributed by atoms with Crippen molar-refractivity contribution in [3.63, 3.8) is 0 Å². The van der Waals surface area contributed by atoms with Gasteiger partial charge in [0.15, 0.2) is 0 Å². The molecule has 3 amide bonds. The van der Waals surface area contributed by atoms with Crippen LogP contribution in [-0.4, -0.2) is 22.6 Å². The second-order valence-electron chi connectivity index (χ2n) is 5.74. The number of nitro benzene ring substituents is 1. The zero-order valence-corrected chi connectivity index (χ0v) is 15.6. The average molecular weight is 405 g/mol. The number of anilines is 1. The van der Waals surface area contributed by atoms with E-state index in [1.54, 1.807) is 25.1 Å². The van der Waals surface area contributed by atoms with E-state index in [4.69, 9.17) is 11.6 Å². The normalized spacial score (nSPS) is 10.1. The molecule has 9 nitrogen and oxygen atoms in total. The molecule has 0 saturated heterocycles. The lowest BCUT2D eigenvalue weighted by Crippen LogP contribution is -2.42. The molecule has 0 fully saturated rings. The highest BCUT2D eigenvalue weighted by molar-refractivity contribution is 6.31. The second-order valence-corrected chi connectivity index (χ2v) is 6.14. The summed E-state index contributed by atoms with van der Waals surface area (Å²) in [6.45, 7) is 1.75. The highest BCUT2D eigenvalue weighted by Gasteiger charge is 2.19. The zero-order chi connectivity index (χ0) is 20.7. The Balaban J connectivity index is 1.83. The van der Waals surface area contributed by atoms with E-state index in [0.29, 0.717) is 16.3 Å². The van der Waals surface area contributed by atoms with Crippen LogP contribution in [0.1, 0.15) is 28.8 Å². The topological polar surface area (TPSA) is 130 Å². The van der Waals surface area contributed by atoms with Gasteiger partial charge in [-0.25, -0.2) is 0 Å². The third-order valence-electron chi connectivity index (χ3n) is 3.78. The molecule has 0 spiro atoms. The number of rotatable bonds is 6. The molecule has 2 aromatic rings. The van der Waals surface area contributed by atoms with Crippen LogP contribution in [0.25, 0.3) is 0 Å². The molecule has 0 heterocycles. The second kappa shape index (κ2) is 9.47. The standard InChI is InChI=1S/C18H17ClN4O5/c1-11-13(19)6-4-7-14(11)20-16(24)9-10-17(25)21-22-18(26)12-5-2-3-8-15(12)23(27)28/h2-8H,9-10H2,1H3,(H,20,24)(H,21,25)(H,22,26). The van der Waals surface area contributed by atoms with Crippen LogP contribution in [0.4, 0.5) is 11.4 Å². The van der Waals surface area contributed by atoms with Crippen LogP contribution in [0.5, 0.6) is 0 Å². The van der Waals surface area contributed by atoms with Gasteiger partial charge < -0.3 is 5.32 Å². The van der Waals surface area contributed by atoms with Gasteiger partial charge in [0, 0.05) is 29.6 Å². The molecular formula is C18H17ClN4O5. The van der Waals surface area contributed by atoms with Gasteiger partial charge in [0.05, 0.1) is 4.92 Å². The number of nitro groups is 1. The summed E-state index contributed by atoms with van der Waals surface area (Å²) in [6, 6.07) is 10.4. The number of hydrazine groups is 1. The summed E-state index contributed by atoms with van der Waals surface area (Å²) >= 11 is 5.98. The summed E-state index contributed by atoms with van der Waals surface area (Å²) in [5.41, 5.74) is 4.89. The fraction of sp³-hybridized carbons (Fsp3) is 0.167.